The van der Waals surface area contributed by atoms with E-state index >= 15 is 0 Å². The van der Waals surface area contributed by atoms with Crippen molar-refractivity contribution in [2.75, 3.05) is 13.1 Å². The van der Waals surface area contributed by atoms with Crippen LogP contribution in [-0.4, -0.2) is 108 Å². The van der Waals surface area contributed by atoms with E-state index in [9.17, 15) is 53.1 Å². The van der Waals surface area contributed by atoms with Gasteiger partial charge in [0.15, 0.2) is 0 Å². The summed E-state index contributed by atoms with van der Waals surface area (Å²) in [7, 11) is 0. The second kappa shape index (κ2) is 24.6. The summed E-state index contributed by atoms with van der Waals surface area (Å²) < 4.78 is 0. The van der Waals surface area contributed by atoms with Crippen molar-refractivity contribution in [3.63, 3.8) is 0 Å². The summed E-state index contributed by atoms with van der Waals surface area (Å²) in [6, 6.07) is 10.6. The van der Waals surface area contributed by atoms with E-state index in [1.54, 1.807) is 88.4 Å². The van der Waals surface area contributed by atoms with E-state index in [-0.39, 0.29) is 18.8 Å². The summed E-state index contributed by atoms with van der Waals surface area (Å²) in [5.74, 6) is -9.97. The molecule has 2 aromatic carbocycles. The molecule has 0 spiro atoms. The van der Waals surface area contributed by atoms with Crippen molar-refractivity contribution in [3.05, 3.63) is 83.9 Å². The summed E-state index contributed by atoms with van der Waals surface area (Å²) in [4.78, 5) is 125. The normalized spacial score (nSPS) is 13.4. The SMILES string of the molecule is CC(C)[C@H](NC(=O)[C@@H](NC(=O)[C@H](Cc1ccccc1)NC(=O)[C@H](CC(N)=O)NC(=O)/C=C/C(=O)NCC(=O)NCC(=O)N[C@@H](Cc1ccccc1)C(=O)O)C(C)C)C(N)=O. The lowest BCUT2D eigenvalue weighted by atomic mass is 9.98. The topological polar surface area (TPSA) is 327 Å². The minimum absolute atomic E-state index is 0.00662. The number of carboxylic acids is 1. The van der Waals surface area contributed by atoms with E-state index in [1.807, 2.05) is 0 Å². The lowest BCUT2D eigenvalue weighted by Gasteiger charge is -2.28. The average Bonchev–Trinajstić information content (AvgIpc) is 3.18. The molecule has 0 aliphatic heterocycles. The smallest absolute Gasteiger partial charge is 0.326 e. The van der Waals surface area contributed by atoms with Gasteiger partial charge in [0.2, 0.25) is 53.2 Å². The van der Waals surface area contributed by atoms with Gasteiger partial charge in [-0.3, -0.25) is 43.2 Å². The molecule has 60 heavy (non-hydrogen) atoms. The molecule has 0 aromatic heterocycles. The number of benzene rings is 2. The molecular formula is C40H53N9O11. The van der Waals surface area contributed by atoms with Crippen LogP contribution in [0.2, 0.25) is 0 Å². The first-order chi connectivity index (χ1) is 28.3. The molecular weight excluding hydrogens is 782 g/mol. The second-order valence-corrected chi connectivity index (χ2v) is 14.3. The van der Waals surface area contributed by atoms with Crippen LogP contribution in [0.15, 0.2) is 72.8 Å². The zero-order valence-electron chi connectivity index (χ0n) is 33.7. The Morgan fingerprint density at radius 1 is 0.550 bits per heavy atom. The van der Waals surface area contributed by atoms with Crippen molar-refractivity contribution < 1.29 is 53.1 Å². The Morgan fingerprint density at radius 2 is 1.03 bits per heavy atom. The molecule has 12 N–H and O–H groups in total. The Bertz CT molecular complexity index is 1890. The number of carboxylic acid groups (broad SMARTS) is 1. The summed E-state index contributed by atoms with van der Waals surface area (Å²) >= 11 is 0. The highest BCUT2D eigenvalue weighted by Gasteiger charge is 2.33. The highest BCUT2D eigenvalue weighted by atomic mass is 16.4. The maximum Gasteiger partial charge on any atom is 0.326 e. The summed E-state index contributed by atoms with van der Waals surface area (Å²) in [5.41, 5.74) is 12.1. The fourth-order valence-corrected chi connectivity index (χ4v) is 5.47. The van der Waals surface area contributed by atoms with E-state index in [0.717, 1.165) is 6.08 Å². The predicted octanol–water partition coefficient (Wildman–Crippen LogP) is -2.56. The second-order valence-electron chi connectivity index (χ2n) is 14.3. The van der Waals surface area contributed by atoms with Crippen molar-refractivity contribution in [2.24, 2.45) is 23.3 Å². The third-order valence-electron chi connectivity index (χ3n) is 8.64. The minimum atomic E-state index is -1.63. The van der Waals surface area contributed by atoms with Crippen LogP contribution in [0.4, 0.5) is 0 Å². The standard InChI is InChI=1S/C40H53N9O11/c1-22(2)34(36(42)55)48-39(58)35(23(3)4)49-38(57)26(17-24-11-7-5-8-12-24)47-37(56)27(19-29(41)50)45-31(52)16-15-30(51)43-20-32(53)44-21-33(54)46-28(40(59)60)18-25-13-9-6-10-14-25/h5-16,22-23,26-28,34-35H,17-21H2,1-4H3,(H2,41,50)(H2,42,55)(H,43,51)(H,44,53)(H,45,52)(H,46,54)(H,47,56)(H,48,58)(H,49,57)(H,59,60)/b16-15+/t26-,27-,28-,34-,35-/m0/s1. The number of amides is 9. The fraction of sp³-hybridized carbons (Fsp3) is 0.400. The number of carbonyl (C=O) groups excluding carboxylic acids is 9. The highest BCUT2D eigenvalue weighted by Crippen LogP contribution is 2.10. The Morgan fingerprint density at radius 3 is 1.53 bits per heavy atom. The molecule has 0 fully saturated rings. The lowest BCUT2D eigenvalue weighted by molar-refractivity contribution is -0.141. The third-order valence-corrected chi connectivity index (χ3v) is 8.64. The Balaban J connectivity index is 2.05. The Labute approximate surface area is 346 Å². The highest BCUT2D eigenvalue weighted by molar-refractivity contribution is 6.01. The van der Waals surface area contributed by atoms with Crippen LogP contribution in [0.5, 0.6) is 0 Å². The van der Waals surface area contributed by atoms with Gasteiger partial charge >= 0.3 is 5.97 Å². The summed E-state index contributed by atoms with van der Waals surface area (Å²) in [6.45, 7) is 5.44. The van der Waals surface area contributed by atoms with Gasteiger partial charge in [-0.15, -0.1) is 0 Å². The molecule has 5 atom stereocenters. The molecule has 324 valence electrons. The number of hydrogen-bond donors (Lipinski definition) is 10. The molecule has 9 amide bonds. The van der Waals surface area contributed by atoms with Gasteiger partial charge in [-0.1, -0.05) is 88.4 Å². The van der Waals surface area contributed by atoms with E-state index in [0.29, 0.717) is 17.2 Å². The number of primary amides is 2. The van der Waals surface area contributed by atoms with Gasteiger partial charge in [-0.25, -0.2) is 4.79 Å². The predicted molar refractivity (Wildman–Crippen MR) is 215 cm³/mol. The molecule has 0 radical (unpaired) electrons. The maximum atomic E-state index is 13.7. The number of nitrogens with two attached hydrogens (primary N) is 2. The molecule has 0 aliphatic carbocycles. The molecule has 0 saturated carbocycles. The third kappa shape index (κ3) is 18.0. The molecule has 0 bridgehead atoms. The quantitative estimate of drug-likeness (QED) is 0.0491. The number of rotatable bonds is 24. The molecule has 2 aromatic rings. The van der Waals surface area contributed by atoms with Crippen LogP contribution in [-0.2, 0) is 60.8 Å². The van der Waals surface area contributed by atoms with Crippen LogP contribution in [0.25, 0.3) is 0 Å². The number of carbonyl (C=O) groups is 10. The first kappa shape index (κ1) is 49.0. The lowest BCUT2D eigenvalue weighted by Crippen LogP contribution is -2.60. The number of nitrogens with one attached hydrogen (secondary N) is 7. The first-order valence-corrected chi connectivity index (χ1v) is 18.9. The molecule has 20 heteroatoms. The zero-order valence-corrected chi connectivity index (χ0v) is 33.7. The van der Waals surface area contributed by atoms with Crippen molar-refractivity contribution in [1.29, 1.82) is 0 Å². The van der Waals surface area contributed by atoms with E-state index in [4.69, 9.17) is 11.5 Å². The largest absolute Gasteiger partial charge is 0.480 e. The van der Waals surface area contributed by atoms with Crippen molar-refractivity contribution in [2.45, 2.75) is 77.2 Å². The van der Waals surface area contributed by atoms with Crippen molar-refractivity contribution >= 4 is 59.1 Å². The number of hydrogen-bond acceptors (Lipinski definition) is 10. The molecule has 2 rings (SSSR count). The van der Waals surface area contributed by atoms with Gasteiger partial charge < -0.3 is 53.8 Å². The van der Waals surface area contributed by atoms with Crippen LogP contribution in [0.1, 0.15) is 45.2 Å². The Hall–Kier alpha value is -7.12. The maximum absolute atomic E-state index is 13.7. The van der Waals surface area contributed by atoms with Gasteiger partial charge in [0.05, 0.1) is 19.5 Å². The minimum Gasteiger partial charge on any atom is -0.480 e. The van der Waals surface area contributed by atoms with Crippen LogP contribution in [0, 0.1) is 11.8 Å². The molecule has 0 heterocycles. The van der Waals surface area contributed by atoms with E-state index < -0.39 is 115 Å². The monoisotopic (exact) mass is 835 g/mol. The molecule has 20 nitrogen and oxygen atoms in total. The fourth-order valence-electron chi connectivity index (χ4n) is 5.47. The van der Waals surface area contributed by atoms with Crippen LogP contribution >= 0.6 is 0 Å². The van der Waals surface area contributed by atoms with Crippen LogP contribution < -0.4 is 48.7 Å². The molecule has 0 unspecified atom stereocenters. The van der Waals surface area contributed by atoms with Crippen LogP contribution in [0.3, 0.4) is 0 Å². The average molecular weight is 836 g/mol. The summed E-state index contributed by atoms with van der Waals surface area (Å²) in [6.07, 6.45) is 0.628. The Kier molecular flexibility index (Phi) is 20.1. The molecule has 0 aliphatic rings. The van der Waals surface area contributed by atoms with Gasteiger partial charge in [-0.05, 0) is 23.0 Å². The van der Waals surface area contributed by atoms with Gasteiger partial charge in [0.25, 0.3) is 0 Å². The zero-order chi connectivity index (χ0) is 44.9. The number of aliphatic carboxylic acids is 1. The van der Waals surface area contributed by atoms with Gasteiger partial charge in [0, 0.05) is 25.0 Å². The molecule has 0 saturated heterocycles. The van der Waals surface area contributed by atoms with Gasteiger partial charge in [-0.2, -0.15) is 0 Å². The van der Waals surface area contributed by atoms with Crippen molar-refractivity contribution in [3.8, 4) is 0 Å². The van der Waals surface area contributed by atoms with Crippen molar-refractivity contribution in [1.82, 2.24) is 37.2 Å². The van der Waals surface area contributed by atoms with E-state index in [1.165, 1.54) is 0 Å². The summed E-state index contributed by atoms with van der Waals surface area (Å²) in [5, 5.41) is 26.1. The van der Waals surface area contributed by atoms with Gasteiger partial charge in [0.1, 0.15) is 30.2 Å². The first-order valence-electron chi connectivity index (χ1n) is 18.9. The van der Waals surface area contributed by atoms with E-state index in [2.05, 4.69) is 37.2 Å².